The number of likely N-dealkylation sites (tertiary alicyclic amines) is 1. The van der Waals surface area contributed by atoms with Gasteiger partial charge in [-0.1, -0.05) is 0 Å². The van der Waals surface area contributed by atoms with Crippen molar-refractivity contribution in [3.05, 3.63) is 42.1 Å². The Morgan fingerprint density at radius 1 is 1.30 bits per heavy atom. The molecule has 3 rings (SSSR count). The molecular weight excluding hydrogens is 346 g/mol. The maximum absolute atomic E-state index is 12.6. The minimum Gasteiger partial charge on any atom is -0.444 e. The van der Waals surface area contributed by atoms with Crippen LogP contribution in [0.1, 0.15) is 43.2 Å². The quantitative estimate of drug-likeness (QED) is 0.894. The number of aromatic nitrogens is 3. The molecule has 144 valence electrons. The molecule has 8 heteroatoms. The second kappa shape index (κ2) is 7.38. The average molecular weight is 371 g/mol. The van der Waals surface area contributed by atoms with E-state index in [0.29, 0.717) is 31.0 Å². The third-order valence-electron chi connectivity index (χ3n) is 4.13. The number of nitrogens with zero attached hydrogens (tertiary/aromatic N) is 4. The summed E-state index contributed by atoms with van der Waals surface area (Å²) in [6, 6.07) is 3.51. The van der Waals surface area contributed by atoms with Gasteiger partial charge in [0.15, 0.2) is 0 Å². The molecule has 2 amide bonds. The van der Waals surface area contributed by atoms with Crippen molar-refractivity contribution >= 4 is 12.0 Å². The summed E-state index contributed by atoms with van der Waals surface area (Å²) in [6.45, 7) is 8.41. The zero-order valence-corrected chi connectivity index (χ0v) is 16.1. The molecule has 2 aromatic rings. The Labute approximate surface area is 158 Å². The molecule has 27 heavy (non-hydrogen) atoms. The van der Waals surface area contributed by atoms with Gasteiger partial charge in [0.25, 0.3) is 5.91 Å². The number of carbonyl (C=O) groups excluding carboxylic acids is 2. The number of carbonyl (C=O) groups is 2. The Kier molecular flexibility index (Phi) is 5.16. The van der Waals surface area contributed by atoms with E-state index in [4.69, 9.17) is 4.74 Å². The van der Waals surface area contributed by atoms with Gasteiger partial charge in [-0.25, -0.2) is 14.8 Å². The van der Waals surface area contributed by atoms with Gasteiger partial charge in [0.1, 0.15) is 23.4 Å². The Morgan fingerprint density at radius 3 is 2.74 bits per heavy atom. The molecule has 0 bridgehead atoms. The summed E-state index contributed by atoms with van der Waals surface area (Å²) in [5.74, 6) is 0.385. The Balaban J connectivity index is 1.64. The van der Waals surface area contributed by atoms with Crippen LogP contribution in [0.2, 0.25) is 0 Å². The highest BCUT2D eigenvalue weighted by Gasteiger charge is 2.30. The van der Waals surface area contributed by atoms with Crippen LogP contribution in [0.25, 0.3) is 5.82 Å². The average Bonchev–Trinajstić information content (AvgIpc) is 3.24. The third kappa shape index (κ3) is 4.84. The van der Waals surface area contributed by atoms with Gasteiger partial charge in [0.2, 0.25) is 0 Å². The molecule has 1 saturated heterocycles. The highest BCUT2D eigenvalue weighted by atomic mass is 16.6. The van der Waals surface area contributed by atoms with Gasteiger partial charge >= 0.3 is 6.09 Å². The second-order valence-corrected chi connectivity index (χ2v) is 7.74. The number of nitrogens with one attached hydrogen (secondary N) is 1. The van der Waals surface area contributed by atoms with Crippen LogP contribution in [-0.4, -0.2) is 56.2 Å². The van der Waals surface area contributed by atoms with Gasteiger partial charge in [-0.15, -0.1) is 0 Å². The summed E-state index contributed by atoms with van der Waals surface area (Å²) < 4.78 is 7.14. The monoisotopic (exact) mass is 371 g/mol. The van der Waals surface area contributed by atoms with Gasteiger partial charge in [0.05, 0.1) is 0 Å². The first-order valence-corrected chi connectivity index (χ1v) is 8.97. The zero-order valence-electron chi connectivity index (χ0n) is 16.1. The second-order valence-electron chi connectivity index (χ2n) is 7.74. The molecule has 0 aliphatic carbocycles. The van der Waals surface area contributed by atoms with Crippen molar-refractivity contribution in [2.45, 2.75) is 45.8 Å². The molecule has 1 atom stereocenters. The van der Waals surface area contributed by atoms with Crippen LogP contribution in [0, 0.1) is 6.92 Å². The lowest BCUT2D eigenvalue weighted by Gasteiger charge is -2.24. The van der Waals surface area contributed by atoms with Crippen molar-refractivity contribution in [3.63, 3.8) is 0 Å². The molecule has 3 heterocycles. The minimum absolute atomic E-state index is 0.121. The zero-order chi connectivity index (χ0) is 19.6. The third-order valence-corrected chi connectivity index (χ3v) is 4.13. The molecule has 2 aromatic heterocycles. The number of imidazole rings is 1. The predicted molar refractivity (Wildman–Crippen MR) is 99.8 cm³/mol. The van der Waals surface area contributed by atoms with Crippen LogP contribution in [0.3, 0.4) is 0 Å². The molecule has 1 aliphatic heterocycles. The van der Waals surface area contributed by atoms with Crippen LogP contribution in [0.4, 0.5) is 4.79 Å². The molecule has 0 spiro atoms. The van der Waals surface area contributed by atoms with Gasteiger partial charge in [-0.05, 0) is 51.8 Å². The first-order chi connectivity index (χ1) is 12.7. The van der Waals surface area contributed by atoms with E-state index in [9.17, 15) is 9.59 Å². The summed E-state index contributed by atoms with van der Waals surface area (Å²) in [4.78, 5) is 34.9. The van der Waals surface area contributed by atoms with Crippen LogP contribution < -0.4 is 5.32 Å². The lowest BCUT2D eigenvalue weighted by atomic mass is 10.2. The standard InChI is InChI=1S/C19H25N5O3/c1-13-9-15(22-16(10-13)24-8-6-20-12-24)17(25)21-14-5-7-23(11-14)18(26)27-19(2,3)4/h6,8-10,12,14H,5,7,11H2,1-4H3,(H,21,25)/t14-/m1/s1. The number of rotatable bonds is 3. The molecule has 1 aliphatic rings. The van der Waals surface area contributed by atoms with Gasteiger partial charge in [-0.2, -0.15) is 0 Å². The van der Waals surface area contributed by atoms with Crippen LogP contribution >= 0.6 is 0 Å². The molecule has 0 radical (unpaired) electrons. The highest BCUT2D eigenvalue weighted by molar-refractivity contribution is 5.93. The first kappa shape index (κ1) is 18.9. The van der Waals surface area contributed by atoms with Gasteiger partial charge in [0, 0.05) is 31.5 Å². The molecule has 1 fully saturated rings. The summed E-state index contributed by atoms with van der Waals surface area (Å²) in [5, 5.41) is 2.97. The summed E-state index contributed by atoms with van der Waals surface area (Å²) in [7, 11) is 0. The van der Waals surface area contributed by atoms with E-state index in [1.807, 2.05) is 33.8 Å². The maximum atomic E-state index is 12.6. The van der Waals surface area contributed by atoms with E-state index >= 15 is 0 Å². The van der Waals surface area contributed by atoms with Crippen molar-refractivity contribution in [2.75, 3.05) is 13.1 Å². The predicted octanol–water partition coefficient (Wildman–Crippen LogP) is 2.31. The molecule has 0 unspecified atom stereocenters. The summed E-state index contributed by atoms with van der Waals surface area (Å²) in [5.41, 5.74) is 0.739. The molecule has 1 N–H and O–H groups in total. The van der Waals surface area contributed by atoms with Crippen molar-refractivity contribution < 1.29 is 14.3 Å². The fraction of sp³-hybridized carbons (Fsp3) is 0.474. The summed E-state index contributed by atoms with van der Waals surface area (Å²) >= 11 is 0. The number of ether oxygens (including phenoxy) is 1. The molecule has 0 saturated carbocycles. The number of aryl methyl sites for hydroxylation is 1. The minimum atomic E-state index is -0.534. The van der Waals surface area contributed by atoms with E-state index < -0.39 is 5.60 Å². The van der Waals surface area contributed by atoms with Crippen molar-refractivity contribution in [1.29, 1.82) is 0 Å². The number of pyridine rings is 1. The lowest BCUT2D eigenvalue weighted by Crippen LogP contribution is -2.40. The smallest absolute Gasteiger partial charge is 0.410 e. The Morgan fingerprint density at radius 2 is 2.07 bits per heavy atom. The van der Waals surface area contributed by atoms with E-state index in [0.717, 1.165) is 5.56 Å². The largest absolute Gasteiger partial charge is 0.444 e. The Hall–Kier alpha value is -2.90. The van der Waals surface area contributed by atoms with Gasteiger partial charge in [-0.3, -0.25) is 9.36 Å². The fourth-order valence-corrected chi connectivity index (χ4v) is 2.92. The topological polar surface area (TPSA) is 89.4 Å². The number of hydrogen-bond donors (Lipinski definition) is 1. The maximum Gasteiger partial charge on any atom is 0.410 e. The van der Waals surface area contributed by atoms with Crippen LogP contribution in [0.15, 0.2) is 30.9 Å². The first-order valence-electron chi connectivity index (χ1n) is 8.97. The van der Waals surface area contributed by atoms with E-state index in [1.54, 1.807) is 34.3 Å². The van der Waals surface area contributed by atoms with E-state index in [-0.39, 0.29) is 18.0 Å². The van der Waals surface area contributed by atoms with E-state index in [2.05, 4.69) is 15.3 Å². The van der Waals surface area contributed by atoms with Gasteiger partial charge < -0.3 is 15.0 Å². The van der Waals surface area contributed by atoms with E-state index in [1.165, 1.54) is 0 Å². The highest BCUT2D eigenvalue weighted by Crippen LogP contribution is 2.16. The lowest BCUT2D eigenvalue weighted by molar-refractivity contribution is 0.0290. The fourth-order valence-electron chi connectivity index (χ4n) is 2.92. The number of hydrogen-bond acceptors (Lipinski definition) is 5. The SMILES string of the molecule is Cc1cc(C(=O)N[C@@H]2CCN(C(=O)OC(C)(C)C)C2)nc(-n2ccnc2)c1. The van der Waals surface area contributed by atoms with Crippen molar-refractivity contribution in [3.8, 4) is 5.82 Å². The van der Waals surface area contributed by atoms with Crippen LogP contribution in [0.5, 0.6) is 0 Å². The van der Waals surface area contributed by atoms with Crippen molar-refractivity contribution in [2.24, 2.45) is 0 Å². The molecule has 8 nitrogen and oxygen atoms in total. The Bertz CT molecular complexity index is 826. The summed E-state index contributed by atoms with van der Waals surface area (Å²) in [6.07, 6.45) is 5.41. The molecule has 0 aromatic carbocycles. The van der Waals surface area contributed by atoms with Crippen molar-refractivity contribution in [1.82, 2.24) is 24.8 Å². The molecular formula is C19H25N5O3. The normalized spacial score (nSPS) is 17.0. The number of amides is 2. The van der Waals surface area contributed by atoms with Crippen LogP contribution in [-0.2, 0) is 4.74 Å².